The van der Waals surface area contributed by atoms with Crippen molar-refractivity contribution in [3.63, 3.8) is 0 Å². The maximum Gasteiger partial charge on any atom is 0.258 e. The third-order valence-electron chi connectivity index (χ3n) is 6.11. The number of nitrogens with zero attached hydrogens (tertiary/aromatic N) is 3. The third-order valence-corrected chi connectivity index (χ3v) is 6.34. The molecule has 4 rings (SSSR count). The lowest BCUT2D eigenvalue weighted by Crippen LogP contribution is -2.41. The van der Waals surface area contributed by atoms with Gasteiger partial charge in [-0.25, -0.2) is 4.99 Å². The van der Waals surface area contributed by atoms with E-state index in [1.54, 1.807) is 60.5 Å². The predicted molar refractivity (Wildman–Crippen MR) is 154 cm³/mol. The first kappa shape index (κ1) is 31.2. The third kappa shape index (κ3) is 10.7. The molecule has 208 valence electrons. The number of ether oxygens (including phenoxy) is 1. The quantitative estimate of drug-likeness (QED) is 0.330. The van der Waals surface area contributed by atoms with E-state index in [1.165, 1.54) is 0 Å². The van der Waals surface area contributed by atoms with Gasteiger partial charge in [-0.2, -0.15) is 0 Å². The van der Waals surface area contributed by atoms with Crippen LogP contribution in [0.2, 0.25) is 5.02 Å². The van der Waals surface area contributed by atoms with Crippen molar-refractivity contribution in [1.29, 1.82) is 0 Å². The van der Waals surface area contributed by atoms with Crippen molar-refractivity contribution in [2.45, 2.75) is 38.5 Å². The smallest absolute Gasteiger partial charge is 0.258 e. The van der Waals surface area contributed by atoms with Gasteiger partial charge in [-0.3, -0.25) is 19.7 Å². The summed E-state index contributed by atoms with van der Waals surface area (Å²) in [6.07, 6.45) is 14.0. The lowest BCUT2D eigenvalue weighted by molar-refractivity contribution is -0.139. The molecule has 0 aliphatic carbocycles. The predicted octanol–water partition coefficient (Wildman–Crippen LogP) is 3.99. The number of amides is 3. The topological polar surface area (TPSA) is 117 Å². The van der Waals surface area contributed by atoms with E-state index < -0.39 is 0 Å². The van der Waals surface area contributed by atoms with Crippen LogP contribution in [-0.4, -0.2) is 66.8 Å². The highest BCUT2D eigenvalue weighted by Crippen LogP contribution is 2.17. The Bertz CT molecular complexity index is 1140. The van der Waals surface area contributed by atoms with Crippen LogP contribution in [0.15, 0.2) is 53.5 Å². The number of rotatable bonds is 5. The normalized spacial score (nSPS) is 15.2. The molecular formula is C29H36ClN5O4. The number of carbonyl (C=O) groups excluding carboxylic acids is 3. The summed E-state index contributed by atoms with van der Waals surface area (Å²) in [6.45, 7) is 2.82. The zero-order valence-corrected chi connectivity index (χ0v) is 23.0. The highest BCUT2D eigenvalue weighted by atomic mass is 35.5. The number of nitrogens with one attached hydrogen (secondary N) is 1. The number of benzene rings is 2. The SMILES string of the molecule is C#C.COc1ccc(N=C(N)NC(=O)c2cccc(Cl)c2)cc1.O=C(CN1CCCCCC1=O)N1CCCC1. The van der Waals surface area contributed by atoms with E-state index in [0.717, 1.165) is 57.5 Å². The molecule has 2 aliphatic heterocycles. The zero-order chi connectivity index (χ0) is 28.6. The molecule has 0 radical (unpaired) electrons. The molecule has 2 aliphatic rings. The first-order chi connectivity index (χ1) is 18.9. The van der Waals surface area contributed by atoms with Crippen LogP contribution in [0.25, 0.3) is 0 Å². The van der Waals surface area contributed by atoms with Crippen molar-refractivity contribution in [2.24, 2.45) is 10.7 Å². The lowest BCUT2D eigenvalue weighted by atomic mass is 10.2. The minimum absolute atomic E-state index is 0.00476. The van der Waals surface area contributed by atoms with E-state index in [4.69, 9.17) is 22.1 Å². The molecule has 0 bridgehead atoms. The number of aliphatic imine (C=N–C) groups is 1. The van der Waals surface area contributed by atoms with Crippen molar-refractivity contribution in [3.05, 3.63) is 59.1 Å². The van der Waals surface area contributed by atoms with Crippen molar-refractivity contribution >= 4 is 41.0 Å². The fourth-order valence-corrected chi connectivity index (χ4v) is 4.27. The van der Waals surface area contributed by atoms with Crippen LogP contribution in [0.3, 0.4) is 0 Å². The maximum absolute atomic E-state index is 11.9. The molecule has 3 amide bonds. The Balaban J connectivity index is 0.000000265. The molecule has 2 saturated heterocycles. The van der Waals surface area contributed by atoms with Crippen LogP contribution in [0.4, 0.5) is 5.69 Å². The average Bonchev–Trinajstić information content (AvgIpc) is 3.42. The number of carbonyl (C=O) groups is 3. The summed E-state index contributed by atoms with van der Waals surface area (Å²) >= 11 is 5.83. The second-order valence-electron chi connectivity index (χ2n) is 8.87. The molecule has 2 heterocycles. The van der Waals surface area contributed by atoms with E-state index in [0.29, 0.717) is 29.2 Å². The van der Waals surface area contributed by atoms with Gasteiger partial charge >= 0.3 is 0 Å². The minimum atomic E-state index is -0.368. The summed E-state index contributed by atoms with van der Waals surface area (Å²) in [5.41, 5.74) is 6.73. The second kappa shape index (κ2) is 16.7. The molecule has 0 saturated carbocycles. The fraction of sp³-hybridized carbons (Fsp3) is 0.379. The molecule has 0 atom stereocenters. The first-order valence-corrected chi connectivity index (χ1v) is 13.2. The van der Waals surface area contributed by atoms with Gasteiger partial charge in [0.15, 0.2) is 0 Å². The second-order valence-corrected chi connectivity index (χ2v) is 9.31. The number of hydrogen-bond donors (Lipinski definition) is 2. The lowest BCUT2D eigenvalue weighted by Gasteiger charge is -2.23. The van der Waals surface area contributed by atoms with Gasteiger partial charge in [0, 0.05) is 36.6 Å². The Hall–Kier alpha value is -4.03. The number of hydrogen-bond acceptors (Lipinski definition) is 5. The van der Waals surface area contributed by atoms with E-state index >= 15 is 0 Å². The number of nitrogens with two attached hydrogens (primary N) is 1. The average molecular weight is 554 g/mol. The monoisotopic (exact) mass is 553 g/mol. The Labute approximate surface area is 235 Å². The van der Waals surface area contributed by atoms with Gasteiger partial charge in [0.25, 0.3) is 5.91 Å². The van der Waals surface area contributed by atoms with Crippen LogP contribution in [0, 0.1) is 12.8 Å². The van der Waals surface area contributed by atoms with Crippen molar-refractivity contribution in [1.82, 2.24) is 15.1 Å². The molecule has 2 aromatic carbocycles. The highest BCUT2D eigenvalue weighted by Gasteiger charge is 2.23. The van der Waals surface area contributed by atoms with Gasteiger partial charge in [-0.15, -0.1) is 12.8 Å². The van der Waals surface area contributed by atoms with Crippen molar-refractivity contribution in [3.8, 4) is 18.6 Å². The van der Waals surface area contributed by atoms with Gasteiger partial charge in [0.1, 0.15) is 5.75 Å². The van der Waals surface area contributed by atoms with Gasteiger partial charge in [-0.05, 0) is 68.1 Å². The van der Waals surface area contributed by atoms with Gasteiger partial charge in [-0.1, -0.05) is 24.1 Å². The summed E-state index contributed by atoms with van der Waals surface area (Å²) < 4.78 is 5.05. The van der Waals surface area contributed by atoms with Crippen LogP contribution in [0.5, 0.6) is 5.75 Å². The van der Waals surface area contributed by atoms with E-state index in [1.807, 2.05) is 4.90 Å². The first-order valence-electron chi connectivity index (χ1n) is 12.8. The van der Waals surface area contributed by atoms with Crippen LogP contribution < -0.4 is 15.8 Å². The van der Waals surface area contributed by atoms with Gasteiger partial charge < -0.3 is 20.3 Å². The number of halogens is 1. The molecule has 2 aromatic rings. The molecule has 9 nitrogen and oxygen atoms in total. The molecular weight excluding hydrogens is 518 g/mol. The molecule has 0 spiro atoms. The van der Waals surface area contributed by atoms with Gasteiger partial charge in [0.05, 0.1) is 19.3 Å². The molecule has 0 aromatic heterocycles. The number of guanidine groups is 1. The Morgan fingerprint density at radius 3 is 2.33 bits per heavy atom. The maximum atomic E-state index is 11.9. The number of likely N-dealkylation sites (tertiary alicyclic amines) is 2. The van der Waals surface area contributed by atoms with Crippen LogP contribution in [0.1, 0.15) is 48.9 Å². The summed E-state index contributed by atoms with van der Waals surface area (Å²) in [7, 11) is 1.58. The molecule has 10 heteroatoms. The summed E-state index contributed by atoms with van der Waals surface area (Å²) in [6, 6.07) is 13.5. The van der Waals surface area contributed by atoms with Crippen LogP contribution >= 0.6 is 11.6 Å². The van der Waals surface area contributed by atoms with Crippen molar-refractivity contribution < 1.29 is 19.1 Å². The zero-order valence-electron chi connectivity index (χ0n) is 22.3. The van der Waals surface area contributed by atoms with E-state index in [9.17, 15) is 14.4 Å². The van der Waals surface area contributed by atoms with Crippen molar-refractivity contribution in [2.75, 3.05) is 33.3 Å². The summed E-state index contributed by atoms with van der Waals surface area (Å²) in [4.78, 5) is 43.3. The Kier molecular flexibility index (Phi) is 13.4. The van der Waals surface area contributed by atoms with Gasteiger partial charge in [0.2, 0.25) is 17.8 Å². The molecule has 39 heavy (non-hydrogen) atoms. The summed E-state index contributed by atoms with van der Waals surface area (Å²) in [5.74, 6) is 0.644. The minimum Gasteiger partial charge on any atom is -0.497 e. The highest BCUT2D eigenvalue weighted by molar-refractivity contribution is 6.31. The molecule has 3 N–H and O–H groups in total. The number of terminal acetylenes is 1. The molecule has 2 fully saturated rings. The van der Waals surface area contributed by atoms with Crippen LogP contribution in [-0.2, 0) is 9.59 Å². The Morgan fingerprint density at radius 2 is 1.69 bits per heavy atom. The Morgan fingerprint density at radius 1 is 1.03 bits per heavy atom. The number of methoxy groups -OCH3 is 1. The van der Waals surface area contributed by atoms with E-state index in [2.05, 4.69) is 23.2 Å². The molecule has 0 unspecified atom stereocenters. The summed E-state index contributed by atoms with van der Waals surface area (Å²) in [5, 5.41) is 2.98. The van der Waals surface area contributed by atoms with E-state index in [-0.39, 0.29) is 23.7 Å². The largest absolute Gasteiger partial charge is 0.497 e. The fourth-order valence-electron chi connectivity index (χ4n) is 4.08. The standard InChI is InChI=1S/C15H14ClN3O2.C12H20N2O2.C2H2/c1-21-13-7-5-12(6-8-13)18-15(17)19-14(20)10-3-2-4-11(16)9-10;15-11-6-2-1-3-9-14(11)10-12(16)13-7-4-5-8-13;1-2/h2-9H,1H3,(H3,17,18,19,20);1-10H2;1-2H.